The lowest BCUT2D eigenvalue weighted by molar-refractivity contribution is 0.620. The molecule has 4 heteroatoms. The van der Waals surface area contributed by atoms with E-state index in [4.69, 9.17) is 11.6 Å². The van der Waals surface area contributed by atoms with Gasteiger partial charge < -0.3 is 0 Å². The highest BCUT2D eigenvalue weighted by molar-refractivity contribution is 6.17. The fourth-order valence-electron chi connectivity index (χ4n) is 2.56. The molecule has 0 aliphatic heterocycles. The predicted molar refractivity (Wildman–Crippen MR) is 84.9 cm³/mol. The largest absolute Gasteiger partial charge is 0.296 e. The number of aryl methyl sites for hydroxylation is 3. The Balaban J connectivity index is 2.32. The lowest BCUT2D eigenvalue weighted by Crippen LogP contribution is -2.02. The maximum absolute atomic E-state index is 13.8. The molecule has 0 bridgehead atoms. The summed E-state index contributed by atoms with van der Waals surface area (Å²) in [4.78, 5) is 4.55. The maximum Gasteiger partial charge on any atom is 0.128 e. The fourth-order valence-corrected chi connectivity index (χ4v) is 2.73. The second-order valence-electron chi connectivity index (χ2n) is 5.23. The van der Waals surface area contributed by atoms with Gasteiger partial charge in [0, 0.05) is 24.1 Å². The third kappa shape index (κ3) is 2.54. The van der Waals surface area contributed by atoms with Crippen LogP contribution < -0.4 is 0 Å². The summed E-state index contributed by atoms with van der Waals surface area (Å²) in [6.45, 7) is 3.82. The molecule has 0 N–H and O–H groups in total. The highest BCUT2D eigenvalue weighted by atomic mass is 35.5. The number of alkyl halides is 1. The van der Waals surface area contributed by atoms with Gasteiger partial charge in [0.2, 0.25) is 0 Å². The summed E-state index contributed by atoms with van der Waals surface area (Å²) in [5, 5.41) is 0. The van der Waals surface area contributed by atoms with Crippen LogP contribution >= 0.6 is 11.6 Å². The number of rotatable bonds is 3. The summed E-state index contributed by atoms with van der Waals surface area (Å²) >= 11 is 5.89. The van der Waals surface area contributed by atoms with Crippen molar-refractivity contribution in [2.45, 2.75) is 20.3 Å². The van der Waals surface area contributed by atoms with Crippen molar-refractivity contribution >= 4 is 22.6 Å². The molecular weight excluding hydrogens is 287 g/mol. The van der Waals surface area contributed by atoms with E-state index in [9.17, 15) is 4.39 Å². The highest BCUT2D eigenvalue weighted by Gasteiger charge is 2.14. The van der Waals surface area contributed by atoms with Gasteiger partial charge in [-0.2, -0.15) is 0 Å². The van der Waals surface area contributed by atoms with Crippen LogP contribution in [0.1, 0.15) is 17.0 Å². The predicted octanol–water partition coefficient (Wildman–Crippen LogP) is 4.56. The number of benzene rings is 2. The second kappa shape index (κ2) is 5.49. The Bertz CT molecular complexity index is 808. The molecule has 0 aliphatic rings. The van der Waals surface area contributed by atoms with Gasteiger partial charge in [-0.05, 0) is 43.2 Å². The topological polar surface area (TPSA) is 17.8 Å². The van der Waals surface area contributed by atoms with E-state index < -0.39 is 0 Å². The van der Waals surface area contributed by atoms with Crippen molar-refractivity contribution < 1.29 is 4.39 Å². The standard InChI is InChI=1S/C17H16ClFN2/c1-11-4-3-5-13(8-11)21-16-9-12(2)14(19)10-15(16)20-17(21)6-7-18/h3-5,8-10H,6-7H2,1-2H3. The third-order valence-electron chi connectivity index (χ3n) is 3.58. The van der Waals surface area contributed by atoms with Crippen molar-refractivity contribution in [3.63, 3.8) is 0 Å². The zero-order valence-electron chi connectivity index (χ0n) is 12.0. The van der Waals surface area contributed by atoms with Gasteiger partial charge in [-0.25, -0.2) is 9.37 Å². The van der Waals surface area contributed by atoms with Gasteiger partial charge in [0.1, 0.15) is 11.6 Å². The number of aromatic nitrogens is 2. The molecule has 0 saturated carbocycles. The Hall–Kier alpha value is -1.87. The Kier molecular flexibility index (Phi) is 3.68. The minimum atomic E-state index is -0.228. The molecule has 1 heterocycles. The fraction of sp³-hybridized carbons (Fsp3) is 0.235. The lowest BCUT2D eigenvalue weighted by atomic mass is 10.2. The molecule has 0 spiro atoms. The monoisotopic (exact) mass is 302 g/mol. The van der Waals surface area contributed by atoms with Gasteiger partial charge in [0.05, 0.1) is 11.0 Å². The van der Waals surface area contributed by atoms with Crippen LogP contribution in [0.25, 0.3) is 16.7 Å². The molecule has 0 amide bonds. The summed E-state index contributed by atoms with van der Waals surface area (Å²) in [7, 11) is 0. The molecule has 0 fully saturated rings. The van der Waals surface area contributed by atoms with E-state index in [2.05, 4.69) is 28.6 Å². The van der Waals surface area contributed by atoms with Crippen molar-refractivity contribution in [1.82, 2.24) is 9.55 Å². The Labute approximate surface area is 128 Å². The van der Waals surface area contributed by atoms with Crippen molar-refractivity contribution in [3.05, 3.63) is 59.2 Å². The average Bonchev–Trinajstić information content (AvgIpc) is 2.77. The number of hydrogen-bond donors (Lipinski definition) is 0. The van der Waals surface area contributed by atoms with Crippen LogP contribution in [0, 0.1) is 19.7 Å². The first kappa shape index (κ1) is 14.1. The van der Waals surface area contributed by atoms with Crippen LogP contribution in [-0.2, 0) is 6.42 Å². The van der Waals surface area contributed by atoms with Crippen molar-refractivity contribution in [3.8, 4) is 5.69 Å². The molecule has 2 aromatic carbocycles. The van der Waals surface area contributed by atoms with Gasteiger partial charge in [-0.15, -0.1) is 11.6 Å². The van der Waals surface area contributed by atoms with Gasteiger partial charge in [-0.1, -0.05) is 12.1 Å². The molecule has 0 radical (unpaired) electrons. The molecular formula is C17H16ClFN2. The van der Waals surface area contributed by atoms with Gasteiger partial charge >= 0.3 is 0 Å². The molecule has 2 nitrogen and oxygen atoms in total. The first-order chi connectivity index (χ1) is 10.1. The van der Waals surface area contributed by atoms with Gasteiger partial charge in [0.25, 0.3) is 0 Å². The molecule has 0 atom stereocenters. The third-order valence-corrected chi connectivity index (χ3v) is 3.77. The quantitative estimate of drug-likeness (QED) is 0.648. The molecule has 0 unspecified atom stereocenters. The number of fused-ring (bicyclic) bond motifs is 1. The normalized spacial score (nSPS) is 11.2. The van der Waals surface area contributed by atoms with Crippen molar-refractivity contribution in [2.75, 3.05) is 5.88 Å². The van der Waals surface area contributed by atoms with E-state index in [0.29, 0.717) is 23.4 Å². The SMILES string of the molecule is Cc1cccc(-n2c(CCCl)nc3cc(F)c(C)cc32)c1. The molecule has 0 saturated heterocycles. The van der Waals surface area contributed by atoms with E-state index in [1.807, 2.05) is 18.2 Å². The molecule has 3 aromatic rings. The van der Waals surface area contributed by atoms with Crippen LogP contribution in [0.3, 0.4) is 0 Å². The number of halogens is 2. The first-order valence-corrected chi connectivity index (χ1v) is 7.44. The van der Waals surface area contributed by atoms with E-state index in [1.54, 1.807) is 6.92 Å². The van der Waals surface area contributed by atoms with Crippen LogP contribution in [-0.4, -0.2) is 15.4 Å². The lowest BCUT2D eigenvalue weighted by Gasteiger charge is -2.10. The second-order valence-corrected chi connectivity index (χ2v) is 5.61. The summed E-state index contributed by atoms with van der Waals surface area (Å²) < 4.78 is 15.8. The zero-order valence-corrected chi connectivity index (χ0v) is 12.8. The Morgan fingerprint density at radius 1 is 1.19 bits per heavy atom. The Morgan fingerprint density at radius 3 is 2.71 bits per heavy atom. The summed E-state index contributed by atoms with van der Waals surface area (Å²) in [5.41, 5.74) is 4.40. The van der Waals surface area contributed by atoms with Crippen molar-refractivity contribution in [1.29, 1.82) is 0 Å². The maximum atomic E-state index is 13.8. The molecule has 1 aromatic heterocycles. The number of hydrogen-bond acceptors (Lipinski definition) is 1. The van der Waals surface area contributed by atoms with E-state index >= 15 is 0 Å². The zero-order chi connectivity index (χ0) is 15.0. The van der Waals surface area contributed by atoms with Crippen molar-refractivity contribution in [2.24, 2.45) is 0 Å². The molecule has 3 rings (SSSR count). The minimum Gasteiger partial charge on any atom is -0.296 e. The van der Waals surface area contributed by atoms with E-state index in [0.717, 1.165) is 17.0 Å². The van der Waals surface area contributed by atoms with E-state index in [1.165, 1.54) is 11.6 Å². The summed E-state index contributed by atoms with van der Waals surface area (Å²) in [5.74, 6) is 1.11. The van der Waals surface area contributed by atoms with Crippen LogP contribution in [0.15, 0.2) is 36.4 Å². The highest BCUT2D eigenvalue weighted by Crippen LogP contribution is 2.25. The molecule has 21 heavy (non-hydrogen) atoms. The molecule has 108 valence electrons. The first-order valence-electron chi connectivity index (χ1n) is 6.90. The number of imidazole rings is 1. The average molecular weight is 303 g/mol. The molecule has 0 aliphatic carbocycles. The van der Waals surface area contributed by atoms with E-state index in [-0.39, 0.29) is 5.82 Å². The minimum absolute atomic E-state index is 0.228. The smallest absolute Gasteiger partial charge is 0.128 e. The van der Waals surface area contributed by atoms with Gasteiger partial charge in [0.15, 0.2) is 0 Å². The number of nitrogens with zero attached hydrogens (tertiary/aromatic N) is 2. The summed E-state index contributed by atoms with van der Waals surface area (Å²) in [6.07, 6.45) is 0.644. The van der Waals surface area contributed by atoms with Crippen LogP contribution in [0.5, 0.6) is 0 Å². The Morgan fingerprint density at radius 2 is 2.00 bits per heavy atom. The van der Waals surface area contributed by atoms with Crippen LogP contribution in [0.4, 0.5) is 4.39 Å². The van der Waals surface area contributed by atoms with Gasteiger partial charge in [-0.3, -0.25) is 4.57 Å². The summed E-state index contributed by atoms with van der Waals surface area (Å²) in [6, 6.07) is 11.5. The van der Waals surface area contributed by atoms with Crippen LogP contribution in [0.2, 0.25) is 0 Å².